The van der Waals surface area contributed by atoms with Gasteiger partial charge < -0.3 is 19.9 Å². The third-order valence-corrected chi connectivity index (χ3v) is 5.13. The molecule has 0 spiro atoms. The molecule has 8 nitrogen and oxygen atoms in total. The number of carbonyl (C=O) groups is 2. The van der Waals surface area contributed by atoms with Crippen molar-refractivity contribution in [2.24, 2.45) is 5.73 Å². The lowest BCUT2D eigenvalue weighted by Gasteiger charge is -2.19. The van der Waals surface area contributed by atoms with Crippen molar-refractivity contribution in [3.05, 3.63) is 31.1 Å². The first-order valence-corrected chi connectivity index (χ1v) is 9.98. The molecule has 1 aliphatic heterocycles. The molecule has 1 atom stereocenters. The van der Waals surface area contributed by atoms with Crippen LogP contribution in [0.15, 0.2) is 30.5 Å². The Bertz CT molecular complexity index is 660. The van der Waals surface area contributed by atoms with Gasteiger partial charge in [0.1, 0.15) is 5.82 Å². The van der Waals surface area contributed by atoms with Crippen molar-refractivity contribution < 1.29 is 14.3 Å². The fraction of sp³-hybridized carbons (Fsp3) is 0.556. The highest BCUT2D eigenvalue weighted by Crippen LogP contribution is 2.22. The van der Waals surface area contributed by atoms with E-state index in [4.69, 9.17) is 10.5 Å². The van der Waals surface area contributed by atoms with Gasteiger partial charge in [0.05, 0.1) is 18.4 Å². The van der Waals surface area contributed by atoms with Gasteiger partial charge in [-0.3, -0.25) is 9.59 Å². The van der Waals surface area contributed by atoms with Crippen LogP contribution in [-0.2, 0) is 27.3 Å². The Morgan fingerprint density at radius 2 is 2.07 bits per heavy atom. The molecule has 0 radical (unpaired) electrons. The van der Waals surface area contributed by atoms with Gasteiger partial charge in [0.15, 0.2) is 5.16 Å². The second kappa shape index (κ2) is 10.9. The van der Waals surface area contributed by atoms with Crippen LogP contribution < -0.4 is 5.73 Å². The van der Waals surface area contributed by atoms with E-state index in [1.54, 1.807) is 17.1 Å². The number of amides is 2. The van der Waals surface area contributed by atoms with Gasteiger partial charge in [-0.2, -0.15) is 0 Å². The zero-order chi connectivity index (χ0) is 19.6. The first-order chi connectivity index (χ1) is 13.0. The lowest BCUT2D eigenvalue weighted by Crippen LogP contribution is -2.32. The summed E-state index contributed by atoms with van der Waals surface area (Å²) < 4.78 is 7.66. The standard InChI is InChI=1S/C18H27N5O3S/c1-3-9-22(10-4-2)17(25)13-27-18-21-20-16(8-7-15(19)24)23(18)12-14-6-5-11-26-14/h3-4,14H,1-2,5-13H2,(H2,19,24)/t14-/m0/s1. The van der Waals surface area contributed by atoms with Crippen LogP contribution in [0.3, 0.4) is 0 Å². The van der Waals surface area contributed by atoms with E-state index in [-0.39, 0.29) is 30.1 Å². The summed E-state index contributed by atoms with van der Waals surface area (Å²) in [5.74, 6) is 0.523. The number of nitrogens with zero attached hydrogens (tertiary/aromatic N) is 4. The summed E-state index contributed by atoms with van der Waals surface area (Å²) in [5.41, 5.74) is 5.26. The Morgan fingerprint density at radius 1 is 1.33 bits per heavy atom. The van der Waals surface area contributed by atoms with Crippen LogP contribution >= 0.6 is 11.8 Å². The molecule has 1 aromatic heterocycles. The van der Waals surface area contributed by atoms with Crippen LogP contribution in [0.2, 0.25) is 0 Å². The molecular formula is C18H27N5O3S. The van der Waals surface area contributed by atoms with Crippen molar-refractivity contribution in [3.8, 4) is 0 Å². The van der Waals surface area contributed by atoms with Gasteiger partial charge >= 0.3 is 0 Å². The van der Waals surface area contributed by atoms with E-state index in [1.807, 2.05) is 4.57 Å². The third kappa shape index (κ3) is 6.51. The first-order valence-electron chi connectivity index (χ1n) is 8.99. The lowest BCUT2D eigenvalue weighted by atomic mass is 10.2. The van der Waals surface area contributed by atoms with E-state index in [2.05, 4.69) is 23.4 Å². The van der Waals surface area contributed by atoms with Gasteiger partial charge in [0, 0.05) is 32.5 Å². The molecule has 1 aliphatic rings. The fourth-order valence-electron chi connectivity index (χ4n) is 2.83. The molecular weight excluding hydrogens is 366 g/mol. The van der Waals surface area contributed by atoms with E-state index in [0.29, 0.717) is 37.0 Å². The van der Waals surface area contributed by atoms with Crippen molar-refractivity contribution in [1.29, 1.82) is 0 Å². The number of carbonyl (C=O) groups excluding carboxylic acids is 2. The number of hydrogen-bond donors (Lipinski definition) is 1. The summed E-state index contributed by atoms with van der Waals surface area (Å²) in [5, 5.41) is 9.06. The average Bonchev–Trinajstić information content (AvgIpc) is 3.28. The quantitative estimate of drug-likeness (QED) is 0.422. The predicted octanol–water partition coefficient (Wildman–Crippen LogP) is 1.17. The lowest BCUT2D eigenvalue weighted by molar-refractivity contribution is -0.127. The number of hydrogen-bond acceptors (Lipinski definition) is 6. The van der Waals surface area contributed by atoms with Gasteiger partial charge in [-0.05, 0) is 12.8 Å². The molecule has 0 bridgehead atoms. The molecule has 2 amide bonds. The highest BCUT2D eigenvalue weighted by atomic mass is 32.2. The van der Waals surface area contributed by atoms with Crippen LogP contribution in [0.4, 0.5) is 0 Å². The second-order valence-electron chi connectivity index (χ2n) is 6.28. The molecule has 2 heterocycles. The van der Waals surface area contributed by atoms with Gasteiger partial charge in [-0.15, -0.1) is 23.4 Å². The number of aryl methyl sites for hydroxylation is 1. The SMILES string of the molecule is C=CCN(CC=C)C(=O)CSc1nnc(CCC(N)=O)n1C[C@@H]1CCCO1. The van der Waals surface area contributed by atoms with E-state index in [9.17, 15) is 9.59 Å². The minimum atomic E-state index is -0.379. The highest BCUT2D eigenvalue weighted by molar-refractivity contribution is 7.99. The Kier molecular flexibility index (Phi) is 8.53. The van der Waals surface area contributed by atoms with Crippen molar-refractivity contribution in [3.63, 3.8) is 0 Å². The number of primary amides is 1. The van der Waals surface area contributed by atoms with E-state index >= 15 is 0 Å². The molecule has 0 aromatic carbocycles. The molecule has 0 unspecified atom stereocenters. The zero-order valence-corrected chi connectivity index (χ0v) is 16.3. The van der Waals surface area contributed by atoms with Gasteiger partial charge in [-0.1, -0.05) is 23.9 Å². The minimum Gasteiger partial charge on any atom is -0.376 e. The summed E-state index contributed by atoms with van der Waals surface area (Å²) in [6, 6.07) is 0. The monoisotopic (exact) mass is 393 g/mol. The Morgan fingerprint density at radius 3 is 2.67 bits per heavy atom. The van der Waals surface area contributed by atoms with Crippen LogP contribution in [0.25, 0.3) is 0 Å². The Balaban J connectivity index is 2.07. The Labute approximate surface area is 163 Å². The first kappa shape index (κ1) is 21.2. The van der Waals surface area contributed by atoms with Gasteiger partial charge in [0.2, 0.25) is 11.8 Å². The van der Waals surface area contributed by atoms with E-state index in [1.165, 1.54) is 11.8 Å². The summed E-state index contributed by atoms with van der Waals surface area (Å²) in [6.07, 6.45) is 6.11. The average molecular weight is 394 g/mol. The predicted molar refractivity (Wildman–Crippen MR) is 104 cm³/mol. The van der Waals surface area contributed by atoms with E-state index < -0.39 is 0 Å². The highest BCUT2D eigenvalue weighted by Gasteiger charge is 2.22. The van der Waals surface area contributed by atoms with Crippen LogP contribution in [0.1, 0.15) is 25.1 Å². The fourth-order valence-corrected chi connectivity index (χ4v) is 3.70. The summed E-state index contributed by atoms with van der Waals surface area (Å²) in [6.45, 7) is 9.66. The molecule has 1 aromatic rings. The second-order valence-corrected chi connectivity index (χ2v) is 7.22. The maximum absolute atomic E-state index is 12.4. The van der Waals surface area contributed by atoms with Crippen molar-refractivity contribution in [2.45, 2.75) is 43.5 Å². The normalized spacial score (nSPS) is 16.2. The molecule has 148 valence electrons. The zero-order valence-electron chi connectivity index (χ0n) is 15.5. The third-order valence-electron chi connectivity index (χ3n) is 4.18. The van der Waals surface area contributed by atoms with Crippen molar-refractivity contribution >= 4 is 23.6 Å². The van der Waals surface area contributed by atoms with Gasteiger partial charge in [-0.25, -0.2) is 0 Å². The molecule has 0 saturated carbocycles. The topological polar surface area (TPSA) is 103 Å². The van der Waals surface area contributed by atoms with Crippen molar-refractivity contribution in [1.82, 2.24) is 19.7 Å². The largest absolute Gasteiger partial charge is 0.376 e. The summed E-state index contributed by atoms with van der Waals surface area (Å²) in [4.78, 5) is 25.2. The van der Waals surface area contributed by atoms with Crippen LogP contribution in [-0.4, -0.2) is 63.0 Å². The molecule has 0 aliphatic carbocycles. The maximum atomic E-state index is 12.4. The molecule has 27 heavy (non-hydrogen) atoms. The Hall–Kier alpha value is -2.13. The van der Waals surface area contributed by atoms with Gasteiger partial charge in [0.25, 0.3) is 0 Å². The minimum absolute atomic E-state index is 0.0230. The summed E-state index contributed by atoms with van der Waals surface area (Å²) >= 11 is 1.33. The molecule has 2 rings (SSSR count). The number of ether oxygens (including phenoxy) is 1. The molecule has 1 fully saturated rings. The number of aromatic nitrogens is 3. The number of rotatable bonds is 12. The molecule has 9 heteroatoms. The molecule has 2 N–H and O–H groups in total. The maximum Gasteiger partial charge on any atom is 0.233 e. The smallest absolute Gasteiger partial charge is 0.233 e. The summed E-state index contributed by atoms with van der Waals surface area (Å²) in [7, 11) is 0. The molecule has 1 saturated heterocycles. The van der Waals surface area contributed by atoms with E-state index in [0.717, 1.165) is 19.4 Å². The van der Waals surface area contributed by atoms with Crippen molar-refractivity contribution in [2.75, 3.05) is 25.4 Å². The van der Waals surface area contributed by atoms with Crippen LogP contribution in [0.5, 0.6) is 0 Å². The number of nitrogens with two attached hydrogens (primary N) is 1. The number of thioether (sulfide) groups is 1. The van der Waals surface area contributed by atoms with Crippen LogP contribution in [0, 0.1) is 0 Å².